The molecule has 0 fully saturated rings. The van der Waals surface area contributed by atoms with Gasteiger partial charge in [0.25, 0.3) is 0 Å². The van der Waals surface area contributed by atoms with Gasteiger partial charge in [-0.1, -0.05) is 153 Å². The number of hydrogen-bond donors (Lipinski definition) is 0. The van der Waals surface area contributed by atoms with E-state index in [2.05, 4.69) is 194 Å². The average molecular weight is 578 g/mol. The van der Waals surface area contributed by atoms with Crippen LogP contribution in [-0.2, 0) is 6.42 Å². The van der Waals surface area contributed by atoms with Crippen molar-refractivity contribution in [3.8, 4) is 44.5 Å². The standard InChI is InChI=1S/C44H35N/c1-2-33-18-31-43(44(32-33)38-16-10-5-11-17-38)39-23-29-42(30-24-39)45(40-25-19-36(20-26-40)34-12-6-3-7-13-34)41-27-21-37(22-28-41)35-14-8-4-9-15-35/h3-32H,2H2,1H3. The first-order valence-corrected chi connectivity index (χ1v) is 15.7. The van der Waals surface area contributed by atoms with Crippen molar-refractivity contribution < 1.29 is 0 Å². The van der Waals surface area contributed by atoms with Crippen LogP contribution >= 0.6 is 0 Å². The lowest BCUT2D eigenvalue weighted by molar-refractivity contribution is 1.14. The van der Waals surface area contributed by atoms with Crippen molar-refractivity contribution in [3.05, 3.63) is 188 Å². The Morgan fingerprint density at radius 3 is 1.11 bits per heavy atom. The maximum Gasteiger partial charge on any atom is 0.0462 e. The van der Waals surface area contributed by atoms with Crippen molar-refractivity contribution in [2.75, 3.05) is 4.90 Å². The van der Waals surface area contributed by atoms with Crippen LogP contribution in [0.25, 0.3) is 44.5 Å². The van der Waals surface area contributed by atoms with Gasteiger partial charge in [0.1, 0.15) is 0 Å². The molecule has 7 aromatic rings. The van der Waals surface area contributed by atoms with Crippen LogP contribution in [0.1, 0.15) is 12.5 Å². The minimum Gasteiger partial charge on any atom is -0.311 e. The predicted octanol–water partition coefficient (Wildman–Crippen LogP) is 12.4. The fraction of sp³-hybridized carbons (Fsp3) is 0.0455. The van der Waals surface area contributed by atoms with Gasteiger partial charge in [0.15, 0.2) is 0 Å². The molecule has 0 aliphatic carbocycles. The molecule has 0 saturated carbocycles. The number of nitrogens with zero attached hydrogens (tertiary/aromatic N) is 1. The largest absolute Gasteiger partial charge is 0.311 e. The molecule has 216 valence electrons. The zero-order valence-electron chi connectivity index (χ0n) is 25.5. The maximum atomic E-state index is 2.34. The zero-order valence-corrected chi connectivity index (χ0v) is 25.5. The van der Waals surface area contributed by atoms with Gasteiger partial charge in [-0.25, -0.2) is 0 Å². The van der Waals surface area contributed by atoms with Gasteiger partial charge in [-0.05, 0) is 92.9 Å². The van der Waals surface area contributed by atoms with Crippen molar-refractivity contribution in [3.63, 3.8) is 0 Å². The quantitative estimate of drug-likeness (QED) is 0.174. The molecule has 1 heteroatoms. The molecular formula is C44H35N. The second-order valence-electron chi connectivity index (χ2n) is 11.3. The fourth-order valence-electron chi connectivity index (χ4n) is 6.02. The number of rotatable bonds is 8. The van der Waals surface area contributed by atoms with Crippen LogP contribution in [0.3, 0.4) is 0 Å². The molecule has 0 N–H and O–H groups in total. The second-order valence-corrected chi connectivity index (χ2v) is 11.3. The normalized spacial score (nSPS) is 10.9. The summed E-state index contributed by atoms with van der Waals surface area (Å²) in [6.45, 7) is 2.21. The first-order valence-electron chi connectivity index (χ1n) is 15.7. The Bertz CT molecular complexity index is 1890. The van der Waals surface area contributed by atoms with Crippen LogP contribution in [0.15, 0.2) is 182 Å². The van der Waals surface area contributed by atoms with Crippen molar-refractivity contribution in [1.82, 2.24) is 0 Å². The maximum absolute atomic E-state index is 2.34. The van der Waals surface area contributed by atoms with E-state index in [0.29, 0.717) is 0 Å². The highest BCUT2D eigenvalue weighted by molar-refractivity contribution is 5.86. The summed E-state index contributed by atoms with van der Waals surface area (Å²) in [5, 5.41) is 0. The van der Waals surface area contributed by atoms with Gasteiger partial charge in [0, 0.05) is 17.1 Å². The van der Waals surface area contributed by atoms with E-state index in [4.69, 9.17) is 0 Å². The summed E-state index contributed by atoms with van der Waals surface area (Å²) in [6, 6.07) is 65.4. The molecule has 0 bridgehead atoms. The van der Waals surface area contributed by atoms with E-state index in [9.17, 15) is 0 Å². The van der Waals surface area contributed by atoms with E-state index in [1.807, 2.05) is 0 Å². The van der Waals surface area contributed by atoms with E-state index in [0.717, 1.165) is 23.5 Å². The van der Waals surface area contributed by atoms with Crippen molar-refractivity contribution >= 4 is 17.1 Å². The molecule has 0 unspecified atom stereocenters. The Kier molecular flexibility index (Phi) is 8.07. The van der Waals surface area contributed by atoms with Gasteiger partial charge in [0.05, 0.1) is 0 Å². The fourth-order valence-corrected chi connectivity index (χ4v) is 6.02. The molecule has 0 saturated heterocycles. The summed E-state index contributed by atoms with van der Waals surface area (Å²) >= 11 is 0. The van der Waals surface area contributed by atoms with Gasteiger partial charge >= 0.3 is 0 Å². The molecule has 0 spiro atoms. The van der Waals surface area contributed by atoms with Gasteiger partial charge in [-0.3, -0.25) is 0 Å². The van der Waals surface area contributed by atoms with Crippen molar-refractivity contribution in [2.24, 2.45) is 0 Å². The lowest BCUT2D eigenvalue weighted by Gasteiger charge is -2.26. The minimum atomic E-state index is 1.01. The van der Waals surface area contributed by atoms with Crippen LogP contribution in [0.4, 0.5) is 17.1 Å². The van der Waals surface area contributed by atoms with E-state index in [-0.39, 0.29) is 0 Å². The van der Waals surface area contributed by atoms with E-state index < -0.39 is 0 Å². The highest BCUT2D eigenvalue weighted by Gasteiger charge is 2.15. The lowest BCUT2D eigenvalue weighted by atomic mass is 9.92. The van der Waals surface area contributed by atoms with Crippen molar-refractivity contribution in [2.45, 2.75) is 13.3 Å². The van der Waals surface area contributed by atoms with Gasteiger partial charge in [0.2, 0.25) is 0 Å². The number of hydrogen-bond acceptors (Lipinski definition) is 1. The summed E-state index contributed by atoms with van der Waals surface area (Å²) in [5.41, 5.74) is 14.5. The Balaban J connectivity index is 1.28. The third-order valence-corrected chi connectivity index (χ3v) is 8.48. The first-order chi connectivity index (χ1) is 22.3. The van der Waals surface area contributed by atoms with Crippen molar-refractivity contribution in [1.29, 1.82) is 0 Å². The highest BCUT2D eigenvalue weighted by Crippen LogP contribution is 2.39. The number of benzene rings is 7. The zero-order chi connectivity index (χ0) is 30.4. The summed E-state index contributed by atoms with van der Waals surface area (Å²) in [5.74, 6) is 0. The van der Waals surface area contributed by atoms with Gasteiger partial charge in [-0.15, -0.1) is 0 Å². The molecule has 0 aromatic heterocycles. The SMILES string of the molecule is CCc1ccc(-c2ccc(N(c3ccc(-c4ccccc4)cc3)c3ccc(-c4ccccc4)cc3)cc2)c(-c2ccccc2)c1. The lowest BCUT2D eigenvalue weighted by Crippen LogP contribution is -2.09. The Morgan fingerprint density at radius 1 is 0.333 bits per heavy atom. The molecule has 45 heavy (non-hydrogen) atoms. The summed E-state index contributed by atoms with van der Waals surface area (Å²) < 4.78 is 0. The summed E-state index contributed by atoms with van der Waals surface area (Å²) in [7, 11) is 0. The summed E-state index contributed by atoms with van der Waals surface area (Å²) in [4.78, 5) is 2.34. The third-order valence-electron chi connectivity index (χ3n) is 8.48. The molecule has 7 rings (SSSR count). The first kappa shape index (κ1) is 28.1. The van der Waals surface area contributed by atoms with E-state index in [1.165, 1.54) is 50.1 Å². The molecule has 0 radical (unpaired) electrons. The van der Waals surface area contributed by atoms with Gasteiger partial charge in [-0.2, -0.15) is 0 Å². The molecular weight excluding hydrogens is 542 g/mol. The molecule has 0 amide bonds. The monoisotopic (exact) mass is 577 g/mol. The molecule has 0 aliphatic rings. The smallest absolute Gasteiger partial charge is 0.0462 e. The minimum absolute atomic E-state index is 1.01. The molecule has 1 nitrogen and oxygen atoms in total. The number of aryl methyl sites for hydroxylation is 1. The van der Waals surface area contributed by atoms with Crippen LogP contribution in [0.5, 0.6) is 0 Å². The third kappa shape index (κ3) is 6.07. The van der Waals surface area contributed by atoms with Crippen LogP contribution in [0, 0.1) is 0 Å². The highest BCUT2D eigenvalue weighted by atomic mass is 15.1. The predicted molar refractivity (Wildman–Crippen MR) is 192 cm³/mol. The Labute approximate surface area is 266 Å². The van der Waals surface area contributed by atoms with Crippen LogP contribution in [0.2, 0.25) is 0 Å². The van der Waals surface area contributed by atoms with Crippen LogP contribution in [-0.4, -0.2) is 0 Å². The van der Waals surface area contributed by atoms with E-state index in [1.54, 1.807) is 0 Å². The Hall–Kier alpha value is -5.66. The Morgan fingerprint density at radius 2 is 0.689 bits per heavy atom. The molecule has 0 heterocycles. The summed E-state index contributed by atoms with van der Waals surface area (Å²) in [6.07, 6.45) is 1.01. The second kappa shape index (κ2) is 12.9. The molecule has 0 atom stereocenters. The number of anilines is 3. The molecule has 7 aromatic carbocycles. The van der Waals surface area contributed by atoms with E-state index >= 15 is 0 Å². The van der Waals surface area contributed by atoms with Gasteiger partial charge < -0.3 is 4.90 Å². The topological polar surface area (TPSA) is 3.24 Å². The van der Waals surface area contributed by atoms with Crippen LogP contribution < -0.4 is 4.90 Å². The molecule has 0 aliphatic heterocycles. The average Bonchev–Trinajstić information content (AvgIpc) is 3.13.